The van der Waals surface area contributed by atoms with E-state index in [1.165, 1.54) is 24.8 Å². The lowest BCUT2D eigenvalue weighted by atomic mass is 9.69. The van der Waals surface area contributed by atoms with Gasteiger partial charge in [0.05, 0.1) is 13.2 Å². The third kappa shape index (κ3) is 3.76. The third-order valence-electron chi connectivity index (χ3n) is 4.53. The average Bonchev–Trinajstić information content (AvgIpc) is 2.53. The van der Waals surface area contributed by atoms with E-state index in [-0.39, 0.29) is 11.3 Å². The van der Waals surface area contributed by atoms with E-state index >= 15 is 0 Å². The van der Waals surface area contributed by atoms with E-state index in [2.05, 4.69) is 17.4 Å². The zero-order valence-corrected chi connectivity index (χ0v) is 13.0. The molecule has 1 aliphatic rings. The maximum absolute atomic E-state index is 11.8. The van der Waals surface area contributed by atoms with Crippen LogP contribution in [-0.4, -0.2) is 25.6 Å². The molecule has 1 aromatic carbocycles. The number of nitrogens with one attached hydrogen (secondary N) is 1. The molecule has 0 aromatic heterocycles. The van der Waals surface area contributed by atoms with Crippen molar-refractivity contribution in [2.45, 2.75) is 50.5 Å². The van der Waals surface area contributed by atoms with Gasteiger partial charge in [-0.05, 0) is 37.5 Å². The van der Waals surface area contributed by atoms with Crippen LogP contribution in [0.1, 0.15) is 44.6 Å². The Bertz CT molecular complexity index is 462. The van der Waals surface area contributed by atoms with Crippen LogP contribution >= 0.6 is 0 Å². The summed E-state index contributed by atoms with van der Waals surface area (Å²) >= 11 is 0. The number of rotatable bonds is 5. The number of carbonyl (C=O) groups is 1. The second kappa shape index (κ2) is 6.94. The predicted molar refractivity (Wildman–Crippen MR) is 84.4 cm³/mol. The molecule has 116 valence electrons. The Kier molecular flexibility index (Phi) is 5.23. The molecule has 1 fully saturated rings. The van der Waals surface area contributed by atoms with Gasteiger partial charge in [0.1, 0.15) is 5.75 Å². The predicted octanol–water partition coefficient (Wildman–Crippen LogP) is 2.36. The van der Waals surface area contributed by atoms with Crippen molar-refractivity contribution in [3.8, 4) is 5.75 Å². The van der Waals surface area contributed by atoms with Gasteiger partial charge in [0.2, 0.25) is 5.91 Å². The molecule has 0 saturated heterocycles. The van der Waals surface area contributed by atoms with E-state index in [1.54, 1.807) is 14.0 Å². The molecular formula is C17H26N2O2. The minimum atomic E-state index is -0.457. The monoisotopic (exact) mass is 290 g/mol. The molecule has 0 spiro atoms. The van der Waals surface area contributed by atoms with Gasteiger partial charge in [-0.25, -0.2) is 0 Å². The van der Waals surface area contributed by atoms with Gasteiger partial charge < -0.3 is 15.8 Å². The fourth-order valence-corrected chi connectivity index (χ4v) is 3.16. The zero-order chi connectivity index (χ0) is 15.3. The molecule has 0 unspecified atom stereocenters. The fourth-order valence-electron chi connectivity index (χ4n) is 3.16. The van der Waals surface area contributed by atoms with Gasteiger partial charge >= 0.3 is 0 Å². The summed E-state index contributed by atoms with van der Waals surface area (Å²) in [7, 11) is 1.67. The summed E-state index contributed by atoms with van der Waals surface area (Å²) in [4.78, 5) is 11.8. The summed E-state index contributed by atoms with van der Waals surface area (Å²) < 4.78 is 5.23. The summed E-state index contributed by atoms with van der Waals surface area (Å²) in [5.41, 5.74) is 6.96. The quantitative estimate of drug-likeness (QED) is 0.875. The molecule has 1 saturated carbocycles. The molecule has 2 rings (SSSR count). The highest BCUT2D eigenvalue weighted by Crippen LogP contribution is 2.39. The average molecular weight is 290 g/mol. The Balaban J connectivity index is 2.17. The van der Waals surface area contributed by atoms with Crippen LogP contribution in [0.25, 0.3) is 0 Å². The number of nitrogens with two attached hydrogens (primary N) is 1. The molecule has 21 heavy (non-hydrogen) atoms. The number of hydrogen-bond donors (Lipinski definition) is 2. The highest BCUT2D eigenvalue weighted by atomic mass is 16.5. The highest BCUT2D eigenvalue weighted by Gasteiger charge is 2.34. The SMILES string of the molecule is COc1ccc(C2(CNC(=O)[C@@H](C)N)CCCCC2)cc1. The highest BCUT2D eigenvalue weighted by molar-refractivity contribution is 5.81. The minimum absolute atomic E-state index is 0.0368. The van der Waals surface area contributed by atoms with E-state index in [0.29, 0.717) is 6.54 Å². The van der Waals surface area contributed by atoms with Crippen LogP contribution in [0.4, 0.5) is 0 Å². The van der Waals surface area contributed by atoms with Crippen molar-refractivity contribution < 1.29 is 9.53 Å². The van der Waals surface area contributed by atoms with Crippen LogP contribution in [0.2, 0.25) is 0 Å². The number of methoxy groups -OCH3 is 1. The van der Waals surface area contributed by atoms with Crippen LogP contribution in [0, 0.1) is 0 Å². The Morgan fingerprint density at radius 3 is 2.43 bits per heavy atom. The first-order valence-corrected chi connectivity index (χ1v) is 7.75. The lowest BCUT2D eigenvalue weighted by Crippen LogP contribution is -2.46. The van der Waals surface area contributed by atoms with Crippen molar-refractivity contribution in [2.75, 3.05) is 13.7 Å². The molecule has 0 aliphatic heterocycles. The topological polar surface area (TPSA) is 64.3 Å². The van der Waals surface area contributed by atoms with E-state index in [1.807, 2.05) is 12.1 Å². The van der Waals surface area contributed by atoms with Crippen molar-refractivity contribution in [1.29, 1.82) is 0 Å². The first-order valence-electron chi connectivity index (χ1n) is 7.75. The standard InChI is InChI=1S/C17H26N2O2/c1-13(18)16(20)19-12-17(10-4-3-5-11-17)14-6-8-15(21-2)9-7-14/h6-9,13H,3-5,10-12,18H2,1-2H3,(H,19,20)/t13-/m1/s1. The molecular weight excluding hydrogens is 264 g/mol. The smallest absolute Gasteiger partial charge is 0.236 e. The van der Waals surface area contributed by atoms with Gasteiger partial charge in [0.15, 0.2) is 0 Å². The fraction of sp³-hybridized carbons (Fsp3) is 0.588. The Labute approximate surface area is 127 Å². The number of amides is 1. The second-order valence-corrected chi connectivity index (χ2v) is 6.08. The van der Waals surface area contributed by atoms with E-state index in [0.717, 1.165) is 18.6 Å². The van der Waals surface area contributed by atoms with Gasteiger partial charge in [-0.15, -0.1) is 0 Å². The summed E-state index contributed by atoms with van der Waals surface area (Å²) in [6, 6.07) is 7.80. The Morgan fingerprint density at radius 1 is 1.29 bits per heavy atom. The van der Waals surface area contributed by atoms with Crippen molar-refractivity contribution in [3.05, 3.63) is 29.8 Å². The van der Waals surface area contributed by atoms with Gasteiger partial charge in [0.25, 0.3) is 0 Å². The Hall–Kier alpha value is -1.55. The van der Waals surface area contributed by atoms with Crippen molar-refractivity contribution in [1.82, 2.24) is 5.32 Å². The van der Waals surface area contributed by atoms with Crippen LogP contribution in [-0.2, 0) is 10.2 Å². The summed E-state index contributed by atoms with van der Waals surface area (Å²) in [6.07, 6.45) is 5.91. The second-order valence-electron chi connectivity index (χ2n) is 6.08. The molecule has 1 aliphatic carbocycles. The van der Waals surface area contributed by atoms with E-state index < -0.39 is 6.04 Å². The summed E-state index contributed by atoms with van der Waals surface area (Å²) in [5.74, 6) is 0.790. The molecule has 1 amide bonds. The maximum atomic E-state index is 11.8. The van der Waals surface area contributed by atoms with Crippen LogP contribution in [0.3, 0.4) is 0 Å². The number of ether oxygens (including phenoxy) is 1. The first-order chi connectivity index (χ1) is 10.1. The van der Waals surface area contributed by atoms with Crippen molar-refractivity contribution >= 4 is 5.91 Å². The van der Waals surface area contributed by atoms with Gasteiger partial charge in [-0.3, -0.25) is 4.79 Å². The molecule has 0 heterocycles. The van der Waals surface area contributed by atoms with Crippen LogP contribution < -0.4 is 15.8 Å². The summed E-state index contributed by atoms with van der Waals surface area (Å²) in [6.45, 7) is 2.38. The van der Waals surface area contributed by atoms with Gasteiger partial charge in [-0.2, -0.15) is 0 Å². The summed E-state index contributed by atoms with van der Waals surface area (Å²) in [5, 5.41) is 3.02. The van der Waals surface area contributed by atoms with Gasteiger partial charge in [-0.1, -0.05) is 31.4 Å². The number of hydrogen-bond acceptors (Lipinski definition) is 3. The molecule has 4 heteroatoms. The largest absolute Gasteiger partial charge is 0.497 e. The lowest BCUT2D eigenvalue weighted by molar-refractivity contribution is -0.122. The van der Waals surface area contributed by atoms with Crippen LogP contribution in [0.5, 0.6) is 5.75 Å². The van der Waals surface area contributed by atoms with E-state index in [4.69, 9.17) is 10.5 Å². The van der Waals surface area contributed by atoms with Crippen LogP contribution in [0.15, 0.2) is 24.3 Å². The first kappa shape index (κ1) is 15.8. The number of benzene rings is 1. The zero-order valence-electron chi connectivity index (χ0n) is 13.0. The molecule has 3 N–H and O–H groups in total. The molecule has 4 nitrogen and oxygen atoms in total. The number of carbonyl (C=O) groups excluding carboxylic acids is 1. The molecule has 1 aromatic rings. The normalized spacial score (nSPS) is 18.8. The minimum Gasteiger partial charge on any atom is -0.497 e. The molecule has 0 radical (unpaired) electrons. The van der Waals surface area contributed by atoms with Crippen molar-refractivity contribution in [3.63, 3.8) is 0 Å². The molecule has 0 bridgehead atoms. The third-order valence-corrected chi connectivity index (χ3v) is 4.53. The molecule has 1 atom stereocenters. The lowest BCUT2D eigenvalue weighted by Gasteiger charge is -2.38. The maximum Gasteiger partial charge on any atom is 0.236 e. The van der Waals surface area contributed by atoms with Crippen molar-refractivity contribution in [2.24, 2.45) is 5.73 Å². The Morgan fingerprint density at radius 2 is 1.90 bits per heavy atom. The van der Waals surface area contributed by atoms with Gasteiger partial charge in [0, 0.05) is 12.0 Å². The van der Waals surface area contributed by atoms with E-state index in [9.17, 15) is 4.79 Å².